The van der Waals surface area contributed by atoms with Crippen LogP contribution >= 0.6 is 15.9 Å². The number of nitrogens with zero attached hydrogens (tertiary/aromatic N) is 1. The summed E-state index contributed by atoms with van der Waals surface area (Å²) in [5, 5.41) is 1.22. The van der Waals surface area contributed by atoms with Crippen LogP contribution in [-0.2, 0) is 7.05 Å². The number of benzene rings is 1. The predicted molar refractivity (Wildman–Crippen MR) is 68.0 cm³/mol. The Bertz CT molecular complexity index is 581. The Morgan fingerprint density at radius 3 is 2.81 bits per heavy atom. The summed E-state index contributed by atoms with van der Waals surface area (Å²) in [4.78, 5) is 11.2. The molecule has 1 aliphatic carbocycles. The number of hydrogen-bond acceptors (Lipinski definition) is 1. The minimum absolute atomic E-state index is 0.596. The van der Waals surface area contributed by atoms with Crippen molar-refractivity contribution in [3.05, 3.63) is 33.9 Å². The number of rotatable bonds is 2. The van der Waals surface area contributed by atoms with Gasteiger partial charge in [0.15, 0.2) is 6.29 Å². The molecule has 1 aromatic heterocycles. The molecular formula is C13H12BrNO. The molecule has 0 bridgehead atoms. The second kappa shape index (κ2) is 3.45. The van der Waals surface area contributed by atoms with Crippen LogP contribution in [0.5, 0.6) is 0 Å². The molecule has 82 valence electrons. The maximum atomic E-state index is 11.2. The lowest BCUT2D eigenvalue weighted by Gasteiger charge is -1.97. The number of aldehydes is 1. The first kappa shape index (κ1) is 10.1. The molecule has 16 heavy (non-hydrogen) atoms. The van der Waals surface area contributed by atoms with Crippen molar-refractivity contribution in [1.29, 1.82) is 0 Å². The van der Waals surface area contributed by atoms with Crippen molar-refractivity contribution in [2.24, 2.45) is 7.05 Å². The third-order valence-corrected chi connectivity index (χ3v) is 3.84. The quantitative estimate of drug-likeness (QED) is 0.769. The van der Waals surface area contributed by atoms with Crippen LogP contribution in [0.15, 0.2) is 22.7 Å². The lowest BCUT2D eigenvalue weighted by atomic mass is 10.1. The first-order valence-electron chi connectivity index (χ1n) is 5.45. The Balaban J connectivity index is 2.41. The van der Waals surface area contributed by atoms with Crippen LogP contribution in [0.25, 0.3) is 10.9 Å². The van der Waals surface area contributed by atoms with Gasteiger partial charge in [-0.05, 0) is 42.5 Å². The molecule has 1 aliphatic rings. The van der Waals surface area contributed by atoms with E-state index in [1.165, 1.54) is 23.8 Å². The third-order valence-electron chi connectivity index (χ3n) is 3.34. The topological polar surface area (TPSA) is 22.0 Å². The van der Waals surface area contributed by atoms with Gasteiger partial charge in [0.25, 0.3) is 0 Å². The maximum Gasteiger partial charge on any atom is 0.166 e. The molecule has 2 nitrogen and oxygen atoms in total. The molecule has 0 saturated heterocycles. The van der Waals surface area contributed by atoms with Gasteiger partial charge in [-0.25, -0.2) is 0 Å². The number of aryl methyl sites for hydroxylation is 1. The highest BCUT2D eigenvalue weighted by molar-refractivity contribution is 9.10. The molecule has 0 amide bonds. The lowest BCUT2D eigenvalue weighted by molar-refractivity contribution is 0.111. The molecule has 1 saturated carbocycles. The van der Waals surface area contributed by atoms with E-state index in [4.69, 9.17) is 0 Å². The van der Waals surface area contributed by atoms with Gasteiger partial charge in [-0.1, -0.05) is 15.9 Å². The molecule has 1 aromatic carbocycles. The Morgan fingerprint density at radius 1 is 1.44 bits per heavy atom. The molecule has 3 heteroatoms. The van der Waals surface area contributed by atoms with Gasteiger partial charge in [0.05, 0.1) is 5.69 Å². The van der Waals surface area contributed by atoms with E-state index in [0.29, 0.717) is 5.92 Å². The fourth-order valence-electron chi connectivity index (χ4n) is 2.41. The van der Waals surface area contributed by atoms with E-state index in [0.717, 1.165) is 22.0 Å². The molecule has 0 atom stereocenters. The molecule has 0 aliphatic heterocycles. The summed E-state index contributed by atoms with van der Waals surface area (Å²) in [5.74, 6) is 0.596. The molecule has 0 radical (unpaired) electrons. The normalized spacial score (nSPS) is 15.6. The van der Waals surface area contributed by atoms with Crippen LogP contribution in [0.4, 0.5) is 0 Å². The zero-order valence-electron chi connectivity index (χ0n) is 9.03. The van der Waals surface area contributed by atoms with Crippen LogP contribution in [0, 0.1) is 0 Å². The number of carbonyl (C=O) groups is 1. The van der Waals surface area contributed by atoms with Gasteiger partial charge in [-0.2, -0.15) is 0 Å². The zero-order valence-corrected chi connectivity index (χ0v) is 10.6. The Morgan fingerprint density at radius 2 is 2.19 bits per heavy atom. The summed E-state index contributed by atoms with van der Waals surface area (Å²) >= 11 is 3.49. The minimum atomic E-state index is 0.596. The van der Waals surface area contributed by atoms with Gasteiger partial charge in [0.1, 0.15) is 0 Å². The van der Waals surface area contributed by atoms with Crippen molar-refractivity contribution in [2.75, 3.05) is 0 Å². The molecule has 2 aromatic rings. The van der Waals surface area contributed by atoms with Crippen LogP contribution in [-0.4, -0.2) is 10.9 Å². The summed E-state index contributed by atoms with van der Waals surface area (Å²) in [6.45, 7) is 0. The smallest absolute Gasteiger partial charge is 0.166 e. The van der Waals surface area contributed by atoms with Crippen LogP contribution in [0.1, 0.15) is 34.8 Å². The zero-order chi connectivity index (χ0) is 11.3. The van der Waals surface area contributed by atoms with Gasteiger partial charge in [0, 0.05) is 22.4 Å². The highest BCUT2D eigenvalue weighted by Crippen LogP contribution is 2.45. The standard InChI is InChI=1S/C13H12BrNO/c1-15-11-5-4-9(14)6-10(11)13(8-2-3-8)12(15)7-16/h4-8H,2-3H2,1H3. The fraction of sp³-hybridized carbons (Fsp3) is 0.308. The van der Waals surface area contributed by atoms with E-state index in [1.54, 1.807) is 0 Å². The second-order valence-electron chi connectivity index (χ2n) is 4.41. The first-order chi connectivity index (χ1) is 7.72. The van der Waals surface area contributed by atoms with Crippen molar-refractivity contribution in [2.45, 2.75) is 18.8 Å². The van der Waals surface area contributed by atoms with E-state index in [9.17, 15) is 4.79 Å². The van der Waals surface area contributed by atoms with Crippen molar-refractivity contribution in [3.63, 3.8) is 0 Å². The predicted octanol–water partition coefficient (Wildman–Crippen LogP) is 3.63. The lowest BCUT2D eigenvalue weighted by Crippen LogP contribution is -1.96. The summed E-state index contributed by atoms with van der Waals surface area (Å²) < 4.78 is 3.08. The van der Waals surface area contributed by atoms with Crippen LogP contribution in [0.3, 0.4) is 0 Å². The summed E-state index contributed by atoms with van der Waals surface area (Å²) in [6.07, 6.45) is 3.42. The average Bonchev–Trinajstić information content (AvgIpc) is 3.05. The van der Waals surface area contributed by atoms with Gasteiger partial charge in [-0.3, -0.25) is 4.79 Å². The molecule has 1 fully saturated rings. The van der Waals surface area contributed by atoms with Crippen LogP contribution < -0.4 is 0 Å². The molecular weight excluding hydrogens is 266 g/mol. The third kappa shape index (κ3) is 1.34. The van der Waals surface area contributed by atoms with Gasteiger partial charge < -0.3 is 4.57 Å². The number of halogens is 1. The van der Waals surface area contributed by atoms with E-state index in [2.05, 4.69) is 28.1 Å². The Kier molecular flexibility index (Phi) is 2.18. The number of carbonyl (C=O) groups excluding carboxylic acids is 1. The number of aromatic nitrogens is 1. The monoisotopic (exact) mass is 277 g/mol. The van der Waals surface area contributed by atoms with Crippen molar-refractivity contribution >= 4 is 33.1 Å². The molecule has 0 N–H and O–H groups in total. The van der Waals surface area contributed by atoms with Gasteiger partial charge in [-0.15, -0.1) is 0 Å². The SMILES string of the molecule is Cn1c(C=O)c(C2CC2)c2cc(Br)ccc21. The Labute approximate surface area is 102 Å². The molecule has 0 unspecified atom stereocenters. The minimum Gasteiger partial charge on any atom is -0.341 e. The fourth-order valence-corrected chi connectivity index (χ4v) is 2.77. The molecule has 3 rings (SSSR count). The van der Waals surface area contributed by atoms with Gasteiger partial charge in [0.2, 0.25) is 0 Å². The molecule has 1 heterocycles. The first-order valence-corrected chi connectivity index (χ1v) is 6.24. The van der Waals surface area contributed by atoms with E-state index in [1.807, 2.05) is 17.7 Å². The molecule has 0 spiro atoms. The summed E-state index contributed by atoms with van der Waals surface area (Å²) in [5.41, 5.74) is 3.23. The summed E-state index contributed by atoms with van der Waals surface area (Å²) in [6, 6.07) is 6.21. The van der Waals surface area contributed by atoms with Crippen molar-refractivity contribution in [1.82, 2.24) is 4.57 Å². The highest BCUT2D eigenvalue weighted by Gasteiger charge is 2.30. The highest BCUT2D eigenvalue weighted by atomic mass is 79.9. The van der Waals surface area contributed by atoms with E-state index < -0.39 is 0 Å². The van der Waals surface area contributed by atoms with E-state index in [-0.39, 0.29) is 0 Å². The number of hydrogen-bond donors (Lipinski definition) is 0. The van der Waals surface area contributed by atoms with Gasteiger partial charge >= 0.3 is 0 Å². The maximum absolute atomic E-state index is 11.2. The Hall–Kier alpha value is -1.09. The van der Waals surface area contributed by atoms with Crippen LogP contribution in [0.2, 0.25) is 0 Å². The van der Waals surface area contributed by atoms with Crippen molar-refractivity contribution in [3.8, 4) is 0 Å². The largest absolute Gasteiger partial charge is 0.341 e. The second-order valence-corrected chi connectivity index (χ2v) is 5.33. The summed E-state index contributed by atoms with van der Waals surface area (Å²) in [7, 11) is 1.96. The average molecular weight is 278 g/mol. The van der Waals surface area contributed by atoms with E-state index >= 15 is 0 Å². The van der Waals surface area contributed by atoms with Crippen molar-refractivity contribution < 1.29 is 4.79 Å². The number of fused-ring (bicyclic) bond motifs is 1.